The molecule has 2 rings (SSSR count). The van der Waals surface area contributed by atoms with Crippen LogP contribution in [0.1, 0.15) is 30.4 Å². The van der Waals surface area contributed by atoms with E-state index in [1.165, 1.54) is 0 Å². The molecule has 0 bridgehead atoms. The van der Waals surface area contributed by atoms with Crippen LogP contribution in [0.5, 0.6) is 0 Å². The molecule has 0 saturated carbocycles. The monoisotopic (exact) mass is 303 g/mol. The van der Waals surface area contributed by atoms with Crippen LogP contribution in [0, 0.1) is 0 Å². The number of methoxy groups -OCH3 is 2. The maximum atomic E-state index is 11.4. The fourth-order valence-electron chi connectivity index (χ4n) is 2.34. The van der Waals surface area contributed by atoms with Crippen LogP contribution in [0.25, 0.3) is 11.3 Å². The topological polar surface area (TPSA) is 79.4 Å². The second kappa shape index (κ2) is 6.72. The summed E-state index contributed by atoms with van der Waals surface area (Å²) in [4.78, 5) is 11.4. The van der Waals surface area contributed by atoms with Gasteiger partial charge in [0.25, 0.3) is 0 Å². The first-order valence-electron chi connectivity index (χ1n) is 6.97. The Morgan fingerprint density at radius 2 is 1.95 bits per heavy atom. The molecule has 1 atom stereocenters. The van der Waals surface area contributed by atoms with Crippen molar-refractivity contribution in [1.29, 1.82) is 0 Å². The third-order valence-electron chi connectivity index (χ3n) is 3.68. The lowest BCUT2D eigenvalue weighted by atomic mass is 9.97. The highest BCUT2D eigenvalue weighted by molar-refractivity contribution is 5.82. The van der Waals surface area contributed by atoms with Gasteiger partial charge in [0, 0.05) is 26.8 Å². The molecule has 1 amide bonds. The zero-order valence-electron chi connectivity index (χ0n) is 13.2. The average molecular weight is 303 g/mol. The lowest BCUT2D eigenvalue weighted by molar-refractivity contribution is -0.119. The summed E-state index contributed by atoms with van der Waals surface area (Å²) in [6, 6.07) is 9.62. The van der Waals surface area contributed by atoms with Crippen molar-refractivity contribution >= 4 is 5.91 Å². The van der Waals surface area contributed by atoms with Gasteiger partial charge in [-0.15, -0.1) is 0 Å². The van der Waals surface area contributed by atoms with Crippen molar-refractivity contribution in [3.63, 3.8) is 0 Å². The van der Waals surface area contributed by atoms with Gasteiger partial charge in [0.2, 0.25) is 12.2 Å². The molecule has 1 heterocycles. The molecule has 6 heteroatoms. The molecule has 118 valence electrons. The second-order valence-electron chi connectivity index (χ2n) is 5.13. The highest BCUT2D eigenvalue weighted by atomic mass is 16.7. The molecule has 6 nitrogen and oxygen atoms in total. The Morgan fingerprint density at radius 3 is 2.55 bits per heavy atom. The number of nitrogens with zero attached hydrogens (tertiary/aromatic N) is 2. The van der Waals surface area contributed by atoms with Crippen molar-refractivity contribution in [2.24, 2.45) is 12.8 Å². The molecule has 2 aromatic rings. The van der Waals surface area contributed by atoms with E-state index in [0.717, 1.165) is 16.8 Å². The van der Waals surface area contributed by atoms with Gasteiger partial charge in [-0.3, -0.25) is 9.48 Å². The van der Waals surface area contributed by atoms with E-state index in [-0.39, 0.29) is 11.8 Å². The number of nitrogens with two attached hydrogens (primary N) is 1. The molecule has 0 radical (unpaired) electrons. The molecular formula is C16H21N3O3. The largest absolute Gasteiger partial charge is 0.369 e. The summed E-state index contributed by atoms with van der Waals surface area (Å²) in [5, 5.41) is 4.41. The van der Waals surface area contributed by atoms with E-state index < -0.39 is 6.29 Å². The Balaban J connectivity index is 2.40. The lowest BCUT2D eigenvalue weighted by Gasteiger charge is -2.10. The van der Waals surface area contributed by atoms with E-state index in [0.29, 0.717) is 5.69 Å². The molecule has 22 heavy (non-hydrogen) atoms. The smallest absolute Gasteiger partial charge is 0.224 e. The van der Waals surface area contributed by atoms with Crippen molar-refractivity contribution in [3.05, 3.63) is 41.6 Å². The van der Waals surface area contributed by atoms with Crippen LogP contribution < -0.4 is 5.73 Å². The summed E-state index contributed by atoms with van der Waals surface area (Å²) in [5.41, 5.74) is 8.81. The second-order valence-corrected chi connectivity index (χ2v) is 5.13. The molecule has 0 aliphatic rings. The first kappa shape index (κ1) is 16.2. The fourth-order valence-corrected chi connectivity index (χ4v) is 2.34. The Kier molecular flexibility index (Phi) is 4.95. The minimum Gasteiger partial charge on any atom is -0.369 e. The van der Waals surface area contributed by atoms with Crippen LogP contribution in [-0.2, 0) is 21.3 Å². The first-order valence-corrected chi connectivity index (χ1v) is 6.97. The van der Waals surface area contributed by atoms with Crippen molar-refractivity contribution in [2.75, 3.05) is 14.2 Å². The number of aryl methyl sites for hydroxylation is 1. The molecule has 0 aliphatic heterocycles. The number of ether oxygens (including phenoxy) is 2. The van der Waals surface area contributed by atoms with Crippen LogP contribution >= 0.6 is 0 Å². The average Bonchev–Trinajstić information content (AvgIpc) is 2.89. The summed E-state index contributed by atoms with van der Waals surface area (Å²) in [6.45, 7) is 1.79. The zero-order valence-corrected chi connectivity index (χ0v) is 13.2. The van der Waals surface area contributed by atoms with E-state index in [1.54, 1.807) is 25.8 Å². The van der Waals surface area contributed by atoms with Crippen LogP contribution in [0.4, 0.5) is 0 Å². The van der Waals surface area contributed by atoms with Gasteiger partial charge in [-0.2, -0.15) is 5.10 Å². The van der Waals surface area contributed by atoms with Gasteiger partial charge in [0.1, 0.15) is 5.69 Å². The number of primary amides is 1. The molecule has 0 fully saturated rings. The van der Waals surface area contributed by atoms with Gasteiger partial charge in [0.15, 0.2) is 0 Å². The summed E-state index contributed by atoms with van der Waals surface area (Å²) in [6.07, 6.45) is -0.507. The van der Waals surface area contributed by atoms with E-state index in [9.17, 15) is 4.79 Å². The highest BCUT2D eigenvalue weighted by Gasteiger charge is 2.17. The summed E-state index contributed by atoms with van der Waals surface area (Å²) >= 11 is 0. The lowest BCUT2D eigenvalue weighted by Crippen LogP contribution is -2.18. The van der Waals surface area contributed by atoms with Gasteiger partial charge >= 0.3 is 0 Å². The van der Waals surface area contributed by atoms with Gasteiger partial charge < -0.3 is 15.2 Å². The minimum atomic E-state index is -0.507. The number of hydrogen-bond donors (Lipinski definition) is 1. The van der Waals surface area contributed by atoms with E-state index in [1.807, 2.05) is 37.4 Å². The fraction of sp³-hybridized carbons (Fsp3) is 0.375. The standard InChI is InChI=1S/C16H21N3O3/c1-10(15(17)20)11-6-5-7-12(8-11)14-9-13(18-19(14)2)16(21-3)22-4/h5-10,16H,1-4H3,(H2,17,20). The Bertz CT molecular complexity index is 662. The quantitative estimate of drug-likeness (QED) is 0.827. The number of carbonyl (C=O) groups excluding carboxylic acids is 1. The van der Waals surface area contributed by atoms with Crippen LogP contribution in [0.2, 0.25) is 0 Å². The summed E-state index contributed by atoms with van der Waals surface area (Å²) < 4.78 is 12.2. The van der Waals surface area contributed by atoms with Crippen LogP contribution in [-0.4, -0.2) is 29.9 Å². The number of amides is 1. The molecule has 0 spiro atoms. The predicted octanol–water partition coefficient (Wildman–Crippen LogP) is 1.97. The molecule has 1 unspecified atom stereocenters. The van der Waals surface area contributed by atoms with Crippen LogP contribution in [0.15, 0.2) is 30.3 Å². The normalized spacial score (nSPS) is 12.6. The van der Waals surface area contributed by atoms with Gasteiger partial charge in [-0.05, 0) is 24.6 Å². The maximum Gasteiger partial charge on any atom is 0.224 e. The Labute approximate surface area is 129 Å². The summed E-state index contributed by atoms with van der Waals surface area (Å²) in [7, 11) is 4.99. The van der Waals surface area contributed by atoms with E-state index in [4.69, 9.17) is 15.2 Å². The van der Waals surface area contributed by atoms with Gasteiger partial charge in [-0.25, -0.2) is 0 Å². The third kappa shape index (κ3) is 3.18. The zero-order chi connectivity index (χ0) is 16.3. The molecule has 1 aromatic carbocycles. The highest BCUT2D eigenvalue weighted by Crippen LogP contribution is 2.27. The molecular weight excluding hydrogens is 282 g/mol. The Morgan fingerprint density at radius 1 is 1.27 bits per heavy atom. The van der Waals surface area contributed by atoms with Crippen molar-refractivity contribution in [2.45, 2.75) is 19.1 Å². The molecule has 0 saturated heterocycles. The predicted molar refractivity (Wildman–Crippen MR) is 83.0 cm³/mol. The first-order chi connectivity index (χ1) is 10.5. The van der Waals surface area contributed by atoms with Gasteiger partial charge in [-0.1, -0.05) is 18.2 Å². The number of benzene rings is 1. The Hall–Kier alpha value is -2.18. The maximum absolute atomic E-state index is 11.4. The van der Waals surface area contributed by atoms with E-state index in [2.05, 4.69) is 5.10 Å². The number of rotatable bonds is 6. The number of hydrogen-bond acceptors (Lipinski definition) is 4. The van der Waals surface area contributed by atoms with Crippen molar-refractivity contribution < 1.29 is 14.3 Å². The molecule has 2 N–H and O–H groups in total. The molecule has 0 aliphatic carbocycles. The van der Waals surface area contributed by atoms with Crippen molar-refractivity contribution in [1.82, 2.24) is 9.78 Å². The number of aromatic nitrogens is 2. The summed E-state index contributed by atoms with van der Waals surface area (Å²) in [5.74, 6) is -0.681. The third-order valence-corrected chi connectivity index (χ3v) is 3.68. The van der Waals surface area contributed by atoms with E-state index >= 15 is 0 Å². The SMILES string of the molecule is COC(OC)c1cc(-c2cccc(C(C)C(N)=O)c2)n(C)n1. The van der Waals surface area contributed by atoms with Gasteiger partial charge in [0.05, 0.1) is 11.6 Å². The number of carbonyl (C=O) groups is 1. The van der Waals surface area contributed by atoms with Crippen LogP contribution in [0.3, 0.4) is 0 Å². The molecule has 1 aromatic heterocycles. The minimum absolute atomic E-state index is 0.335. The van der Waals surface area contributed by atoms with Crippen molar-refractivity contribution in [3.8, 4) is 11.3 Å².